The molecule has 0 unspecified atom stereocenters. The maximum absolute atomic E-state index is 13.6. The zero-order valence-electron chi connectivity index (χ0n) is 15.1. The number of hydrogen-bond acceptors (Lipinski definition) is 3. The molecule has 3 rings (SSSR count). The molecule has 0 aliphatic carbocycles. The van der Waals surface area contributed by atoms with Crippen molar-refractivity contribution in [1.82, 2.24) is 19.5 Å². The lowest BCUT2D eigenvalue weighted by molar-refractivity contribution is -0.142. The number of likely N-dealkylation sites (tertiary alicyclic amines) is 1. The van der Waals surface area contributed by atoms with Gasteiger partial charge in [-0.3, -0.25) is 4.79 Å². The quantitative estimate of drug-likeness (QED) is 0.746. The molecule has 144 valence electrons. The van der Waals surface area contributed by atoms with Crippen LogP contribution in [0.3, 0.4) is 0 Å². The van der Waals surface area contributed by atoms with E-state index in [9.17, 15) is 18.0 Å². The molecule has 0 N–H and O–H groups in total. The fourth-order valence-corrected chi connectivity index (χ4v) is 3.23. The third-order valence-corrected chi connectivity index (χ3v) is 4.66. The number of hydrogen-bond donors (Lipinski definition) is 0. The van der Waals surface area contributed by atoms with Crippen LogP contribution in [-0.2, 0) is 6.18 Å². The van der Waals surface area contributed by atoms with Crippen molar-refractivity contribution < 1.29 is 18.0 Å². The van der Waals surface area contributed by atoms with E-state index in [1.807, 2.05) is 0 Å². The van der Waals surface area contributed by atoms with Gasteiger partial charge in [-0.05, 0) is 31.4 Å². The number of aromatic nitrogens is 3. The molecule has 5 nitrogen and oxygen atoms in total. The summed E-state index contributed by atoms with van der Waals surface area (Å²) in [5.41, 5.74) is -0.393. The summed E-state index contributed by atoms with van der Waals surface area (Å²) >= 11 is 0. The third-order valence-electron chi connectivity index (χ3n) is 4.66. The monoisotopic (exact) mass is 378 g/mol. The highest BCUT2D eigenvalue weighted by Gasteiger charge is 2.36. The van der Waals surface area contributed by atoms with E-state index < -0.39 is 11.9 Å². The van der Waals surface area contributed by atoms with E-state index in [4.69, 9.17) is 0 Å². The minimum absolute atomic E-state index is 0.0146. The molecule has 27 heavy (non-hydrogen) atoms. The van der Waals surface area contributed by atoms with Gasteiger partial charge in [-0.2, -0.15) is 18.3 Å². The van der Waals surface area contributed by atoms with E-state index >= 15 is 0 Å². The summed E-state index contributed by atoms with van der Waals surface area (Å²) < 4.78 is 41.4. The van der Waals surface area contributed by atoms with Gasteiger partial charge in [-0.15, -0.1) is 0 Å². The van der Waals surface area contributed by atoms with Crippen molar-refractivity contribution in [2.45, 2.75) is 38.8 Å². The number of carbonyl (C=O) groups excluding carboxylic acids is 1. The smallest absolute Gasteiger partial charge is 0.337 e. The minimum atomic E-state index is -4.63. The van der Waals surface area contributed by atoms with Crippen LogP contribution in [0, 0.1) is 0 Å². The summed E-state index contributed by atoms with van der Waals surface area (Å²) in [6.07, 6.45) is 2.31. The molecule has 1 aliphatic heterocycles. The summed E-state index contributed by atoms with van der Waals surface area (Å²) in [5.74, 6) is -0.355. The number of alkyl halides is 3. The Morgan fingerprint density at radius 3 is 2.37 bits per heavy atom. The summed E-state index contributed by atoms with van der Waals surface area (Å²) in [6, 6.07) is 2.25. The average molecular weight is 378 g/mol. The van der Waals surface area contributed by atoms with Crippen LogP contribution in [-0.4, -0.2) is 38.5 Å². The molecule has 2 aromatic heterocycles. The third kappa shape index (κ3) is 3.89. The normalized spacial score (nSPS) is 16.4. The Hall–Kier alpha value is -2.64. The lowest BCUT2D eigenvalue weighted by atomic mass is 10.1. The lowest BCUT2D eigenvalue weighted by Crippen LogP contribution is -2.32. The first kappa shape index (κ1) is 19.1. The standard InChI is InChI=1S/C19H21F3N4O/c1-3-13(4-2)14-11-16(19(20,21)22)26-17(23-14)12-15(24-26)18(27)25-9-7-5-6-8-10-25/h3-4,11-12H,1,5-10H2,2H3/b13-4+. The van der Waals surface area contributed by atoms with Crippen LogP contribution in [0.1, 0.15) is 54.5 Å². The zero-order chi connectivity index (χ0) is 19.6. The van der Waals surface area contributed by atoms with Crippen molar-refractivity contribution in [1.29, 1.82) is 0 Å². The highest BCUT2D eigenvalue weighted by atomic mass is 19.4. The van der Waals surface area contributed by atoms with Crippen molar-refractivity contribution in [2.24, 2.45) is 0 Å². The SMILES string of the molecule is C=C/C(=C\C)c1cc(C(F)(F)F)n2nc(C(=O)N3CCCCCC3)cc2n1. The maximum Gasteiger partial charge on any atom is 0.433 e. The summed E-state index contributed by atoms with van der Waals surface area (Å²) in [5, 5.41) is 3.93. The van der Waals surface area contributed by atoms with Gasteiger partial charge < -0.3 is 4.90 Å². The summed E-state index contributed by atoms with van der Waals surface area (Å²) in [7, 11) is 0. The average Bonchev–Trinajstić information content (AvgIpc) is 2.86. The number of fused-ring (bicyclic) bond motifs is 1. The molecule has 0 radical (unpaired) electrons. The second-order valence-electron chi connectivity index (χ2n) is 6.48. The first-order valence-corrected chi connectivity index (χ1v) is 8.91. The molecular formula is C19H21F3N4O. The van der Waals surface area contributed by atoms with Gasteiger partial charge in [-0.1, -0.05) is 31.6 Å². The Morgan fingerprint density at radius 2 is 1.81 bits per heavy atom. The molecule has 0 saturated carbocycles. The molecule has 1 saturated heterocycles. The van der Waals surface area contributed by atoms with Crippen LogP contribution >= 0.6 is 0 Å². The number of carbonyl (C=O) groups is 1. The molecule has 0 aromatic carbocycles. The highest BCUT2D eigenvalue weighted by Crippen LogP contribution is 2.31. The van der Waals surface area contributed by atoms with Crippen molar-refractivity contribution >= 4 is 17.1 Å². The van der Waals surface area contributed by atoms with E-state index in [-0.39, 0.29) is 22.9 Å². The van der Waals surface area contributed by atoms with Gasteiger partial charge in [-0.25, -0.2) is 9.50 Å². The minimum Gasteiger partial charge on any atom is -0.337 e. The zero-order valence-corrected chi connectivity index (χ0v) is 15.1. The predicted molar refractivity (Wildman–Crippen MR) is 96.2 cm³/mol. The van der Waals surface area contributed by atoms with Crippen LogP contribution in [0.15, 0.2) is 30.9 Å². The predicted octanol–water partition coefficient (Wildman–Crippen LogP) is 4.35. The van der Waals surface area contributed by atoms with Crippen LogP contribution in [0.4, 0.5) is 13.2 Å². The van der Waals surface area contributed by atoms with E-state index in [0.29, 0.717) is 23.2 Å². The maximum atomic E-state index is 13.6. The Bertz CT molecular complexity index is 890. The molecule has 1 fully saturated rings. The Labute approximate surface area is 155 Å². The first-order valence-electron chi connectivity index (χ1n) is 8.91. The number of allylic oxidation sites excluding steroid dienone is 3. The molecule has 3 heterocycles. The largest absolute Gasteiger partial charge is 0.433 e. The van der Waals surface area contributed by atoms with Gasteiger partial charge in [0.2, 0.25) is 0 Å². The van der Waals surface area contributed by atoms with Crippen LogP contribution < -0.4 is 0 Å². The molecule has 1 aliphatic rings. The van der Waals surface area contributed by atoms with Crippen LogP contribution in [0.25, 0.3) is 11.2 Å². The molecule has 0 bridgehead atoms. The van der Waals surface area contributed by atoms with Crippen LogP contribution in [0.2, 0.25) is 0 Å². The number of nitrogens with zero attached hydrogens (tertiary/aromatic N) is 4. The Kier molecular flexibility index (Phi) is 5.34. The summed E-state index contributed by atoms with van der Waals surface area (Å²) in [6.45, 7) is 6.49. The fraction of sp³-hybridized carbons (Fsp3) is 0.421. The van der Waals surface area contributed by atoms with Gasteiger partial charge in [0.05, 0.1) is 5.69 Å². The fourth-order valence-electron chi connectivity index (χ4n) is 3.23. The molecule has 2 aromatic rings. The van der Waals surface area contributed by atoms with E-state index in [0.717, 1.165) is 31.7 Å². The van der Waals surface area contributed by atoms with Gasteiger partial charge in [0.25, 0.3) is 5.91 Å². The molecule has 0 atom stereocenters. The topological polar surface area (TPSA) is 50.5 Å². The number of amides is 1. The van der Waals surface area contributed by atoms with Gasteiger partial charge in [0.15, 0.2) is 17.0 Å². The van der Waals surface area contributed by atoms with Gasteiger partial charge in [0, 0.05) is 19.2 Å². The van der Waals surface area contributed by atoms with Gasteiger partial charge >= 0.3 is 6.18 Å². The highest BCUT2D eigenvalue weighted by molar-refractivity contribution is 5.93. The second kappa shape index (κ2) is 7.54. The molecule has 0 spiro atoms. The van der Waals surface area contributed by atoms with Crippen molar-refractivity contribution in [3.63, 3.8) is 0 Å². The van der Waals surface area contributed by atoms with Crippen LogP contribution in [0.5, 0.6) is 0 Å². The van der Waals surface area contributed by atoms with Crippen molar-refractivity contribution in [3.05, 3.63) is 47.9 Å². The Balaban J connectivity index is 2.10. The van der Waals surface area contributed by atoms with Gasteiger partial charge in [0.1, 0.15) is 0 Å². The van der Waals surface area contributed by atoms with E-state index in [1.165, 1.54) is 12.1 Å². The van der Waals surface area contributed by atoms with Crippen molar-refractivity contribution in [3.8, 4) is 0 Å². The van der Waals surface area contributed by atoms with E-state index in [2.05, 4.69) is 16.7 Å². The van der Waals surface area contributed by atoms with E-state index in [1.54, 1.807) is 17.9 Å². The molecule has 8 heteroatoms. The Morgan fingerprint density at radius 1 is 1.15 bits per heavy atom. The second-order valence-corrected chi connectivity index (χ2v) is 6.48. The number of halogens is 3. The first-order chi connectivity index (χ1) is 12.8. The molecular weight excluding hydrogens is 357 g/mol. The molecule has 1 amide bonds. The van der Waals surface area contributed by atoms with Crippen molar-refractivity contribution in [2.75, 3.05) is 13.1 Å². The summed E-state index contributed by atoms with van der Waals surface area (Å²) in [4.78, 5) is 18.6. The lowest BCUT2D eigenvalue weighted by Gasteiger charge is -2.18. The number of rotatable bonds is 3.